The number of halogens is 1. The lowest BCUT2D eigenvalue weighted by Gasteiger charge is -2.22. The van der Waals surface area contributed by atoms with Gasteiger partial charge in [0, 0.05) is 12.2 Å². The largest absolute Gasteiger partial charge is 0.368 e. The number of primary amides is 1. The topological polar surface area (TPSA) is 72.9 Å². The number of aromatic nitrogens is 2. The summed E-state index contributed by atoms with van der Waals surface area (Å²) in [6.07, 6.45) is 5.46. The lowest BCUT2D eigenvalue weighted by molar-refractivity contribution is -0.121. The fourth-order valence-corrected chi connectivity index (χ4v) is 1.80. The van der Waals surface area contributed by atoms with Crippen LogP contribution in [0.5, 0.6) is 0 Å². The summed E-state index contributed by atoms with van der Waals surface area (Å²) >= 11 is 5.79. The molecule has 1 aromatic heterocycles. The van der Waals surface area contributed by atoms with Gasteiger partial charge in [0.15, 0.2) is 0 Å². The summed E-state index contributed by atoms with van der Waals surface area (Å²) < 4.78 is 1.66. The molecule has 1 aliphatic carbocycles. The number of nitrogens with two attached hydrogens (primary N) is 1. The van der Waals surface area contributed by atoms with Gasteiger partial charge in [-0.05, 0) is 19.8 Å². The van der Waals surface area contributed by atoms with Gasteiger partial charge in [0.05, 0.1) is 17.3 Å². The smallest absolute Gasteiger partial charge is 0.236 e. The quantitative estimate of drug-likeness (QED) is 0.799. The van der Waals surface area contributed by atoms with Crippen LogP contribution in [-0.4, -0.2) is 27.8 Å². The summed E-state index contributed by atoms with van der Waals surface area (Å²) in [6.45, 7) is 1.90. The summed E-state index contributed by atoms with van der Waals surface area (Å²) in [4.78, 5) is 11.4. The Bertz CT molecular complexity index is 388. The zero-order valence-corrected chi connectivity index (χ0v) is 9.81. The summed E-state index contributed by atoms with van der Waals surface area (Å²) in [5.41, 5.74) is 5.38. The second-order valence-electron chi connectivity index (χ2n) is 4.20. The number of carbonyl (C=O) groups excluding carboxylic acids is 1. The van der Waals surface area contributed by atoms with Gasteiger partial charge in [0.25, 0.3) is 0 Å². The highest BCUT2D eigenvalue weighted by Crippen LogP contribution is 2.22. The summed E-state index contributed by atoms with van der Waals surface area (Å²) in [5.74, 6) is -0.356. The van der Waals surface area contributed by atoms with Crippen molar-refractivity contribution in [1.82, 2.24) is 15.1 Å². The van der Waals surface area contributed by atoms with Crippen LogP contribution in [0.1, 0.15) is 25.8 Å². The molecule has 1 saturated carbocycles. The van der Waals surface area contributed by atoms with E-state index in [2.05, 4.69) is 10.4 Å². The molecule has 5 nitrogen and oxygen atoms in total. The molecule has 1 fully saturated rings. The maximum atomic E-state index is 11.4. The van der Waals surface area contributed by atoms with Crippen molar-refractivity contribution < 1.29 is 4.79 Å². The van der Waals surface area contributed by atoms with Crippen molar-refractivity contribution in [2.24, 2.45) is 5.73 Å². The fraction of sp³-hybridized carbons (Fsp3) is 0.600. The lowest BCUT2D eigenvalue weighted by atomic mass is 10.1. The minimum Gasteiger partial charge on any atom is -0.368 e. The molecule has 1 heterocycles. The van der Waals surface area contributed by atoms with E-state index in [1.807, 2.05) is 6.92 Å². The molecule has 0 spiro atoms. The van der Waals surface area contributed by atoms with Crippen LogP contribution >= 0.6 is 11.6 Å². The maximum absolute atomic E-state index is 11.4. The van der Waals surface area contributed by atoms with Crippen LogP contribution < -0.4 is 11.1 Å². The lowest BCUT2D eigenvalue weighted by Crippen LogP contribution is -2.47. The molecule has 2 unspecified atom stereocenters. The van der Waals surface area contributed by atoms with Gasteiger partial charge in [-0.25, -0.2) is 0 Å². The molecule has 2 atom stereocenters. The average Bonchev–Trinajstić information content (AvgIpc) is 2.95. The molecule has 1 amide bonds. The minimum atomic E-state index is -0.400. The van der Waals surface area contributed by atoms with Crippen molar-refractivity contribution in [3.8, 4) is 0 Å². The van der Waals surface area contributed by atoms with Gasteiger partial charge in [-0.2, -0.15) is 5.10 Å². The molecule has 6 heteroatoms. The number of hydrogen-bond acceptors (Lipinski definition) is 3. The van der Waals surface area contributed by atoms with Crippen LogP contribution in [0, 0.1) is 0 Å². The van der Waals surface area contributed by atoms with Gasteiger partial charge in [-0.1, -0.05) is 11.6 Å². The fourth-order valence-electron chi connectivity index (χ4n) is 1.65. The monoisotopic (exact) mass is 242 g/mol. The van der Waals surface area contributed by atoms with Gasteiger partial charge in [0.2, 0.25) is 5.91 Å². The maximum Gasteiger partial charge on any atom is 0.236 e. The van der Waals surface area contributed by atoms with Crippen molar-refractivity contribution in [3.05, 3.63) is 17.4 Å². The predicted octanol–water partition coefficient (Wildman–Crippen LogP) is 0.703. The molecule has 16 heavy (non-hydrogen) atoms. The van der Waals surface area contributed by atoms with E-state index in [4.69, 9.17) is 17.3 Å². The minimum absolute atomic E-state index is 0.134. The number of rotatable bonds is 5. The van der Waals surface area contributed by atoms with Gasteiger partial charge < -0.3 is 11.1 Å². The predicted molar refractivity (Wildman–Crippen MR) is 61.1 cm³/mol. The van der Waals surface area contributed by atoms with Crippen LogP contribution in [0.3, 0.4) is 0 Å². The Kier molecular flexibility index (Phi) is 3.16. The molecule has 0 aromatic carbocycles. The normalized spacial score (nSPS) is 19.4. The van der Waals surface area contributed by atoms with E-state index in [0.29, 0.717) is 11.1 Å². The molecule has 1 aromatic rings. The van der Waals surface area contributed by atoms with Crippen LogP contribution in [-0.2, 0) is 4.79 Å². The van der Waals surface area contributed by atoms with E-state index >= 15 is 0 Å². The zero-order chi connectivity index (χ0) is 11.7. The first-order valence-corrected chi connectivity index (χ1v) is 5.70. The number of carbonyl (C=O) groups is 1. The van der Waals surface area contributed by atoms with Crippen molar-refractivity contribution in [2.75, 3.05) is 0 Å². The second-order valence-corrected chi connectivity index (χ2v) is 4.64. The standard InChI is InChI=1S/C10H15ClN4O/c1-6(15-5-7(11)4-13-15)9(10(12)16)14-8-2-3-8/h4-6,8-9,14H,2-3H2,1H3,(H2,12,16). The molecule has 0 saturated heterocycles. The molecule has 1 aliphatic rings. The highest BCUT2D eigenvalue weighted by Gasteiger charge is 2.31. The Morgan fingerprint density at radius 3 is 2.88 bits per heavy atom. The van der Waals surface area contributed by atoms with E-state index in [1.54, 1.807) is 17.1 Å². The van der Waals surface area contributed by atoms with Crippen molar-refractivity contribution in [2.45, 2.75) is 37.9 Å². The Balaban J connectivity index is 2.09. The van der Waals surface area contributed by atoms with Crippen LogP contribution in [0.25, 0.3) is 0 Å². The van der Waals surface area contributed by atoms with Crippen molar-refractivity contribution >= 4 is 17.5 Å². The average molecular weight is 243 g/mol. The first-order valence-electron chi connectivity index (χ1n) is 5.33. The van der Waals surface area contributed by atoms with Gasteiger partial charge >= 0.3 is 0 Å². The number of nitrogens with zero attached hydrogens (tertiary/aromatic N) is 2. The molecule has 0 aliphatic heterocycles. The summed E-state index contributed by atoms with van der Waals surface area (Å²) in [7, 11) is 0. The van der Waals surface area contributed by atoms with E-state index in [1.165, 1.54) is 0 Å². The SMILES string of the molecule is CC(C(NC1CC1)C(N)=O)n1cc(Cl)cn1. The van der Waals surface area contributed by atoms with E-state index in [9.17, 15) is 4.79 Å². The molecule has 0 bridgehead atoms. The molecule has 0 radical (unpaired) electrons. The summed E-state index contributed by atoms with van der Waals surface area (Å²) in [6, 6.07) is -0.111. The third-order valence-corrected chi connectivity index (χ3v) is 2.96. The zero-order valence-electron chi connectivity index (χ0n) is 9.06. The second kappa shape index (κ2) is 4.43. The van der Waals surface area contributed by atoms with Crippen LogP contribution in [0.15, 0.2) is 12.4 Å². The Labute approximate surface area is 98.9 Å². The molecule has 88 valence electrons. The number of nitrogens with one attached hydrogen (secondary N) is 1. The first kappa shape index (κ1) is 11.4. The third-order valence-electron chi connectivity index (χ3n) is 2.77. The molecule has 3 N–H and O–H groups in total. The Hall–Kier alpha value is -1.07. The molecular weight excluding hydrogens is 228 g/mol. The number of amides is 1. The van der Waals surface area contributed by atoms with E-state index in [-0.39, 0.29) is 11.9 Å². The van der Waals surface area contributed by atoms with Crippen molar-refractivity contribution in [1.29, 1.82) is 0 Å². The van der Waals surface area contributed by atoms with Crippen molar-refractivity contribution in [3.63, 3.8) is 0 Å². The summed E-state index contributed by atoms with van der Waals surface area (Å²) in [5, 5.41) is 7.86. The van der Waals surface area contributed by atoms with Gasteiger partial charge in [0.1, 0.15) is 6.04 Å². The van der Waals surface area contributed by atoms with Gasteiger partial charge in [-0.3, -0.25) is 9.48 Å². The van der Waals surface area contributed by atoms with Crippen LogP contribution in [0.4, 0.5) is 0 Å². The van der Waals surface area contributed by atoms with E-state index < -0.39 is 6.04 Å². The highest BCUT2D eigenvalue weighted by atomic mass is 35.5. The Morgan fingerprint density at radius 1 is 1.75 bits per heavy atom. The first-order chi connectivity index (χ1) is 7.58. The highest BCUT2D eigenvalue weighted by molar-refractivity contribution is 6.30. The van der Waals surface area contributed by atoms with E-state index in [0.717, 1.165) is 12.8 Å². The van der Waals surface area contributed by atoms with Gasteiger partial charge in [-0.15, -0.1) is 0 Å². The third kappa shape index (κ3) is 2.54. The number of hydrogen-bond donors (Lipinski definition) is 2. The Morgan fingerprint density at radius 2 is 2.44 bits per heavy atom. The molecule has 2 rings (SSSR count). The van der Waals surface area contributed by atoms with Crippen LogP contribution in [0.2, 0.25) is 5.02 Å². The molecular formula is C10H15ClN4O.